The zero-order valence-electron chi connectivity index (χ0n) is 11.1. The molecule has 0 aromatic heterocycles. The maximum atomic E-state index is 12.1. The summed E-state index contributed by atoms with van der Waals surface area (Å²) in [6.07, 6.45) is 2.11. The first kappa shape index (κ1) is 14.9. The van der Waals surface area contributed by atoms with Gasteiger partial charge in [-0.3, -0.25) is 0 Å². The van der Waals surface area contributed by atoms with Crippen LogP contribution >= 0.6 is 0 Å². The Bertz CT molecular complexity index is 311. The first-order valence-corrected chi connectivity index (χ1v) is 7.82. The average Bonchev–Trinajstić information content (AvgIpc) is 2.26. The molecule has 1 aliphatic rings. The molecule has 1 saturated heterocycles. The van der Waals surface area contributed by atoms with E-state index in [1.165, 1.54) is 4.31 Å². The molecule has 17 heavy (non-hydrogen) atoms. The van der Waals surface area contributed by atoms with Crippen molar-refractivity contribution in [2.45, 2.75) is 12.8 Å². The second-order valence-electron chi connectivity index (χ2n) is 5.12. The Morgan fingerprint density at radius 3 is 2.47 bits per heavy atom. The molecule has 0 aliphatic carbocycles. The highest BCUT2D eigenvalue weighted by atomic mass is 32.2. The topological polar surface area (TPSA) is 52.7 Å². The summed E-state index contributed by atoms with van der Waals surface area (Å²) in [7, 11) is 2.49. The van der Waals surface area contributed by atoms with Gasteiger partial charge >= 0.3 is 0 Å². The van der Waals surface area contributed by atoms with Gasteiger partial charge in [-0.05, 0) is 45.9 Å². The molecule has 1 N–H and O–H groups in total. The molecule has 1 rings (SSSR count). The first-order valence-electron chi connectivity index (χ1n) is 6.21. The van der Waals surface area contributed by atoms with Gasteiger partial charge in [0.15, 0.2) is 0 Å². The van der Waals surface area contributed by atoms with E-state index in [-0.39, 0.29) is 11.7 Å². The summed E-state index contributed by atoms with van der Waals surface area (Å²) in [5.74, 6) is 0.555. The minimum atomic E-state index is -3.09. The van der Waals surface area contributed by atoms with E-state index in [9.17, 15) is 8.42 Å². The molecule has 0 saturated carbocycles. The Morgan fingerprint density at radius 1 is 1.24 bits per heavy atom. The molecular weight excluding hydrogens is 238 g/mol. The lowest BCUT2D eigenvalue weighted by molar-refractivity contribution is 0.351. The average molecular weight is 263 g/mol. The van der Waals surface area contributed by atoms with Gasteiger partial charge in [-0.15, -0.1) is 0 Å². The fourth-order valence-corrected chi connectivity index (χ4v) is 3.47. The Labute approximate surface area is 105 Å². The lowest BCUT2D eigenvalue weighted by atomic mass is 10.0. The molecular formula is C11H25N3O2S. The van der Waals surface area contributed by atoms with E-state index in [4.69, 9.17) is 0 Å². The van der Waals surface area contributed by atoms with Crippen LogP contribution in [0.25, 0.3) is 0 Å². The van der Waals surface area contributed by atoms with Crippen molar-refractivity contribution < 1.29 is 8.42 Å². The number of sulfonamides is 1. The molecule has 1 aliphatic heterocycles. The van der Waals surface area contributed by atoms with E-state index in [2.05, 4.69) is 5.32 Å². The van der Waals surface area contributed by atoms with E-state index in [0.717, 1.165) is 32.5 Å². The van der Waals surface area contributed by atoms with Gasteiger partial charge in [-0.2, -0.15) is 0 Å². The van der Waals surface area contributed by atoms with Crippen LogP contribution in [0.15, 0.2) is 0 Å². The largest absolute Gasteiger partial charge is 0.316 e. The minimum Gasteiger partial charge on any atom is -0.316 e. The zero-order chi connectivity index (χ0) is 12.9. The molecule has 1 heterocycles. The van der Waals surface area contributed by atoms with Crippen molar-refractivity contribution >= 4 is 10.0 Å². The van der Waals surface area contributed by atoms with Gasteiger partial charge < -0.3 is 10.2 Å². The second kappa shape index (κ2) is 6.68. The molecule has 0 aromatic rings. The van der Waals surface area contributed by atoms with Crippen LogP contribution in [0.5, 0.6) is 0 Å². The predicted molar refractivity (Wildman–Crippen MR) is 70.6 cm³/mol. The molecule has 0 radical (unpaired) electrons. The third kappa shape index (κ3) is 5.33. The van der Waals surface area contributed by atoms with Gasteiger partial charge in [-0.25, -0.2) is 12.7 Å². The first-order chi connectivity index (χ1) is 7.92. The number of nitrogens with one attached hydrogen (secondary N) is 1. The molecule has 0 amide bonds. The van der Waals surface area contributed by atoms with Gasteiger partial charge in [0.2, 0.25) is 10.0 Å². The quantitative estimate of drug-likeness (QED) is 0.722. The molecule has 5 nitrogen and oxygen atoms in total. The van der Waals surface area contributed by atoms with Crippen LogP contribution in [-0.4, -0.2) is 70.7 Å². The number of nitrogens with zero attached hydrogens (tertiary/aromatic N) is 2. The molecule has 0 spiro atoms. The van der Waals surface area contributed by atoms with E-state index in [1.54, 1.807) is 7.05 Å². The Morgan fingerprint density at radius 2 is 1.94 bits per heavy atom. The summed E-state index contributed by atoms with van der Waals surface area (Å²) in [5.41, 5.74) is 0. The summed E-state index contributed by atoms with van der Waals surface area (Å²) in [6.45, 7) is 3.18. The normalized spacial score (nSPS) is 22.3. The van der Waals surface area contributed by atoms with Crippen molar-refractivity contribution in [3.8, 4) is 0 Å². The Balaban J connectivity index is 2.43. The van der Waals surface area contributed by atoms with Crippen LogP contribution in [-0.2, 0) is 10.0 Å². The maximum absolute atomic E-state index is 12.1. The number of hydrogen-bond donors (Lipinski definition) is 1. The number of hydrogen-bond acceptors (Lipinski definition) is 4. The molecule has 102 valence electrons. The summed E-state index contributed by atoms with van der Waals surface area (Å²) in [6, 6.07) is 0. The summed E-state index contributed by atoms with van der Waals surface area (Å²) < 4.78 is 25.7. The SMILES string of the molecule is CN(C)CCN(C)S(=O)(=O)CC1CCCNC1. The van der Waals surface area contributed by atoms with E-state index >= 15 is 0 Å². The van der Waals surface area contributed by atoms with Crippen molar-refractivity contribution in [2.24, 2.45) is 5.92 Å². The zero-order valence-corrected chi connectivity index (χ0v) is 12.0. The fourth-order valence-electron chi connectivity index (χ4n) is 1.97. The second-order valence-corrected chi connectivity index (χ2v) is 7.24. The standard InChI is InChI=1S/C11H25N3O2S/c1-13(2)7-8-14(3)17(15,16)10-11-5-4-6-12-9-11/h11-12H,4-10H2,1-3H3. The molecule has 0 aromatic carbocycles. The molecule has 1 unspecified atom stereocenters. The van der Waals surface area contributed by atoms with Crippen LogP contribution < -0.4 is 5.32 Å². The van der Waals surface area contributed by atoms with Gasteiger partial charge in [-0.1, -0.05) is 0 Å². The van der Waals surface area contributed by atoms with E-state index in [0.29, 0.717) is 6.54 Å². The van der Waals surface area contributed by atoms with Crippen molar-refractivity contribution in [3.05, 3.63) is 0 Å². The van der Waals surface area contributed by atoms with Gasteiger partial charge in [0, 0.05) is 20.1 Å². The van der Waals surface area contributed by atoms with Crippen molar-refractivity contribution in [1.82, 2.24) is 14.5 Å². The van der Waals surface area contributed by atoms with Crippen LogP contribution in [0.2, 0.25) is 0 Å². The van der Waals surface area contributed by atoms with E-state index in [1.807, 2.05) is 19.0 Å². The van der Waals surface area contributed by atoms with Crippen molar-refractivity contribution in [2.75, 3.05) is 53.1 Å². The van der Waals surface area contributed by atoms with Gasteiger partial charge in [0.05, 0.1) is 5.75 Å². The third-order valence-electron chi connectivity index (χ3n) is 3.18. The highest BCUT2D eigenvalue weighted by Crippen LogP contribution is 2.14. The number of rotatable bonds is 6. The lowest BCUT2D eigenvalue weighted by Gasteiger charge is -2.25. The fraction of sp³-hybridized carbons (Fsp3) is 1.00. The number of piperidine rings is 1. The lowest BCUT2D eigenvalue weighted by Crippen LogP contribution is -2.40. The summed E-state index contributed by atoms with van der Waals surface area (Å²) in [4.78, 5) is 1.99. The number of likely N-dealkylation sites (N-methyl/N-ethyl adjacent to an activating group) is 2. The van der Waals surface area contributed by atoms with Gasteiger partial charge in [0.25, 0.3) is 0 Å². The van der Waals surface area contributed by atoms with Crippen LogP contribution in [0.3, 0.4) is 0 Å². The molecule has 0 bridgehead atoms. The van der Waals surface area contributed by atoms with Crippen LogP contribution in [0.4, 0.5) is 0 Å². The molecule has 6 heteroatoms. The van der Waals surface area contributed by atoms with E-state index < -0.39 is 10.0 Å². The van der Waals surface area contributed by atoms with Crippen LogP contribution in [0.1, 0.15) is 12.8 Å². The molecule has 1 atom stereocenters. The summed E-state index contributed by atoms with van der Waals surface area (Å²) >= 11 is 0. The van der Waals surface area contributed by atoms with Crippen molar-refractivity contribution in [3.63, 3.8) is 0 Å². The maximum Gasteiger partial charge on any atom is 0.214 e. The van der Waals surface area contributed by atoms with Crippen LogP contribution in [0, 0.1) is 5.92 Å². The van der Waals surface area contributed by atoms with Crippen molar-refractivity contribution in [1.29, 1.82) is 0 Å². The highest BCUT2D eigenvalue weighted by molar-refractivity contribution is 7.89. The summed E-state index contributed by atoms with van der Waals surface area (Å²) in [5, 5.41) is 3.26. The smallest absolute Gasteiger partial charge is 0.214 e. The highest BCUT2D eigenvalue weighted by Gasteiger charge is 2.24. The molecule has 1 fully saturated rings. The minimum absolute atomic E-state index is 0.274. The Kier molecular flexibility index (Phi) is 5.85. The monoisotopic (exact) mass is 263 g/mol. The predicted octanol–water partition coefficient (Wildman–Crippen LogP) is -0.191. The van der Waals surface area contributed by atoms with Gasteiger partial charge in [0.1, 0.15) is 0 Å². The third-order valence-corrected chi connectivity index (χ3v) is 5.21. The Hall–Kier alpha value is -0.170.